The van der Waals surface area contributed by atoms with E-state index in [2.05, 4.69) is 17.6 Å². The van der Waals surface area contributed by atoms with Crippen LogP contribution in [0.4, 0.5) is 5.69 Å². The van der Waals surface area contributed by atoms with Crippen molar-refractivity contribution >= 4 is 23.5 Å². The predicted molar refractivity (Wildman–Crippen MR) is 159 cm³/mol. The van der Waals surface area contributed by atoms with E-state index in [-0.39, 0.29) is 23.8 Å². The lowest BCUT2D eigenvalue weighted by atomic mass is 9.99. The lowest BCUT2D eigenvalue weighted by Gasteiger charge is -2.16. The average molecular weight is 545 g/mol. The maximum absolute atomic E-state index is 12.7. The zero-order chi connectivity index (χ0) is 28.9. The molecule has 0 bridgehead atoms. The van der Waals surface area contributed by atoms with Crippen molar-refractivity contribution < 1.29 is 24.2 Å². The fraction of sp³-hybridized carbons (Fsp3) is 0.364. The van der Waals surface area contributed by atoms with Crippen LogP contribution in [0.5, 0.6) is 5.75 Å². The summed E-state index contributed by atoms with van der Waals surface area (Å²) in [6.07, 6.45) is 6.92. The van der Waals surface area contributed by atoms with E-state index in [1.165, 1.54) is 26.4 Å². The Hall–Kier alpha value is -4.13. The first kappa shape index (κ1) is 30.4. The molecule has 0 saturated carbocycles. The molecule has 0 aliphatic carbocycles. The van der Waals surface area contributed by atoms with Gasteiger partial charge in [-0.25, -0.2) is 4.79 Å². The molecule has 7 nitrogen and oxygen atoms in total. The molecule has 2 unspecified atom stereocenters. The second-order valence-electron chi connectivity index (χ2n) is 10.1. The fourth-order valence-corrected chi connectivity index (χ4v) is 4.56. The van der Waals surface area contributed by atoms with E-state index in [9.17, 15) is 19.5 Å². The Morgan fingerprint density at radius 2 is 1.60 bits per heavy atom. The Labute approximate surface area is 237 Å². The molecule has 0 heterocycles. The van der Waals surface area contributed by atoms with Crippen LogP contribution >= 0.6 is 0 Å². The minimum Gasteiger partial charge on any atom is -0.496 e. The normalized spacial score (nSPS) is 12.3. The van der Waals surface area contributed by atoms with E-state index < -0.39 is 17.9 Å². The van der Waals surface area contributed by atoms with Crippen LogP contribution < -0.4 is 15.4 Å². The van der Waals surface area contributed by atoms with Gasteiger partial charge in [-0.05, 0) is 47.4 Å². The van der Waals surface area contributed by atoms with Gasteiger partial charge in [0.1, 0.15) is 11.8 Å². The highest BCUT2D eigenvalue weighted by molar-refractivity contribution is 5.99. The number of carboxylic acids is 1. The number of carboxylic acid groups (broad SMARTS) is 1. The summed E-state index contributed by atoms with van der Waals surface area (Å²) in [7, 11) is 1.46. The molecule has 0 saturated heterocycles. The van der Waals surface area contributed by atoms with Crippen LogP contribution in [-0.2, 0) is 16.0 Å². The Bertz CT molecular complexity index is 1270. The van der Waals surface area contributed by atoms with E-state index in [1.807, 2.05) is 55.5 Å². The molecule has 3 aromatic carbocycles. The number of benzene rings is 3. The molecule has 0 spiro atoms. The third-order valence-electron chi connectivity index (χ3n) is 7.00. The predicted octanol–water partition coefficient (Wildman–Crippen LogP) is 6.72. The van der Waals surface area contributed by atoms with Crippen molar-refractivity contribution in [2.24, 2.45) is 5.92 Å². The summed E-state index contributed by atoms with van der Waals surface area (Å²) in [5.41, 5.74) is 3.67. The third kappa shape index (κ3) is 8.97. The molecule has 0 fully saturated rings. The number of aliphatic carboxylic acids is 1. The molecule has 212 valence electrons. The Morgan fingerprint density at radius 1 is 0.875 bits per heavy atom. The Morgan fingerprint density at radius 3 is 2.30 bits per heavy atom. The van der Waals surface area contributed by atoms with Crippen molar-refractivity contribution in [1.29, 1.82) is 0 Å². The van der Waals surface area contributed by atoms with Crippen LogP contribution in [0, 0.1) is 5.92 Å². The number of hydrogen-bond donors (Lipinski definition) is 3. The molecule has 2 atom stereocenters. The van der Waals surface area contributed by atoms with E-state index in [0.717, 1.165) is 41.6 Å². The number of para-hydroxylation sites is 1. The second-order valence-corrected chi connectivity index (χ2v) is 10.1. The highest BCUT2D eigenvalue weighted by Crippen LogP contribution is 2.25. The third-order valence-corrected chi connectivity index (χ3v) is 7.00. The fourth-order valence-electron chi connectivity index (χ4n) is 4.56. The van der Waals surface area contributed by atoms with Crippen LogP contribution in [0.25, 0.3) is 11.1 Å². The number of rotatable bonds is 15. The summed E-state index contributed by atoms with van der Waals surface area (Å²) in [4.78, 5) is 37.3. The molecule has 3 aromatic rings. The average Bonchev–Trinajstić information content (AvgIpc) is 2.97. The largest absolute Gasteiger partial charge is 0.496 e. The molecule has 0 aliphatic heterocycles. The minimum atomic E-state index is -1.12. The van der Waals surface area contributed by atoms with Gasteiger partial charge in [-0.3, -0.25) is 9.59 Å². The zero-order valence-electron chi connectivity index (χ0n) is 23.6. The van der Waals surface area contributed by atoms with Gasteiger partial charge in [-0.1, -0.05) is 94.5 Å². The summed E-state index contributed by atoms with van der Waals surface area (Å²) in [5, 5.41) is 15.4. The highest BCUT2D eigenvalue weighted by Gasteiger charge is 2.23. The van der Waals surface area contributed by atoms with Gasteiger partial charge in [0.05, 0.1) is 12.7 Å². The lowest BCUT2D eigenvalue weighted by Crippen LogP contribution is -2.42. The molecule has 3 N–H and O–H groups in total. The van der Waals surface area contributed by atoms with Crippen molar-refractivity contribution in [2.45, 2.75) is 64.8 Å². The topological polar surface area (TPSA) is 105 Å². The zero-order valence-corrected chi connectivity index (χ0v) is 23.6. The van der Waals surface area contributed by atoms with Crippen molar-refractivity contribution in [2.75, 3.05) is 12.4 Å². The van der Waals surface area contributed by atoms with Gasteiger partial charge in [-0.2, -0.15) is 0 Å². The molecule has 0 radical (unpaired) electrons. The maximum atomic E-state index is 12.7. The molecular formula is C33H40N2O5. The van der Waals surface area contributed by atoms with E-state index >= 15 is 0 Å². The van der Waals surface area contributed by atoms with Gasteiger partial charge in [0.25, 0.3) is 5.91 Å². The smallest absolute Gasteiger partial charge is 0.326 e. The summed E-state index contributed by atoms with van der Waals surface area (Å²) in [5.74, 6) is -1.27. The summed E-state index contributed by atoms with van der Waals surface area (Å²) in [6.45, 7) is 4.17. The number of anilines is 1. The summed E-state index contributed by atoms with van der Waals surface area (Å²) < 4.78 is 5.22. The van der Waals surface area contributed by atoms with E-state index in [1.54, 1.807) is 24.3 Å². The van der Waals surface area contributed by atoms with Crippen LogP contribution in [0.2, 0.25) is 0 Å². The number of amides is 2. The van der Waals surface area contributed by atoms with Crippen LogP contribution in [-0.4, -0.2) is 36.0 Å². The number of unbranched alkanes of at least 4 members (excludes halogenated alkanes) is 4. The van der Waals surface area contributed by atoms with Gasteiger partial charge in [0.15, 0.2) is 0 Å². The van der Waals surface area contributed by atoms with E-state index in [0.29, 0.717) is 5.75 Å². The van der Waals surface area contributed by atoms with Crippen LogP contribution in [0.15, 0.2) is 72.8 Å². The van der Waals surface area contributed by atoms with Gasteiger partial charge in [0.2, 0.25) is 5.91 Å². The molecule has 3 rings (SSSR count). The molecule has 0 aliphatic rings. The van der Waals surface area contributed by atoms with Crippen LogP contribution in [0.1, 0.15) is 68.3 Å². The molecule has 2 amide bonds. The van der Waals surface area contributed by atoms with Gasteiger partial charge in [0, 0.05) is 18.0 Å². The SMILES string of the molecule is CCCCCCCC(C)C(=O)Nc1cccc(-c2ccc(CC(NC(=O)c3ccccc3OC)C(=O)O)cc2)c1. The number of carbonyl (C=O) groups is 3. The van der Waals surface area contributed by atoms with Gasteiger partial charge < -0.3 is 20.5 Å². The summed E-state index contributed by atoms with van der Waals surface area (Å²) in [6, 6.07) is 20.8. The Kier molecular flexibility index (Phi) is 11.8. The van der Waals surface area contributed by atoms with E-state index in [4.69, 9.17) is 4.74 Å². The first-order valence-corrected chi connectivity index (χ1v) is 14.0. The molecule has 40 heavy (non-hydrogen) atoms. The summed E-state index contributed by atoms with van der Waals surface area (Å²) >= 11 is 0. The maximum Gasteiger partial charge on any atom is 0.326 e. The quantitative estimate of drug-likeness (QED) is 0.184. The number of ether oxygens (including phenoxy) is 1. The number of hydrogen-bond acceptors (Lipinski definition) is 4. The van der Waals surface area contributed by atoms with Gasteiger partial charge in [-0.15, -0.1) is 0 Å². The Balaban J connectivity index is 1.61. The lowest BCUT2D eigenvalue weighted by molar-refractivity contribution is -0.139. The molecular weight excluding hydrogens is 504 g/mol. The number of carbonyl (C=O) groups excluding carboxylic acids is 2. The van der Waals surface area contributed by atoms with Gasteiger partial charge >= 0.3 is 5.97 Å². The van der Waals surface area contributed by atoms with Crippen molar-refractivity contribution in [1.82, 2.24) is 5.32 Å². The number of nitrogens with one attached hydrogen (secondary N) is 2. The standard InChI is InChI=1S/C33H40N2O5/c1-4-5-6-7-8-12-23(2)31(36)34-27-14-11-13-26(22-27)25-19-17-24(18-20-25)21-29(33(38)39)35-32(37)28-15-9-10-16-30(28)40-3/h9-11,13-20,22-23,29H,4-8,12,21H2,1-3H3,(H,34,36)(H,35,37)(H,38,39). The van der Waals surface area contributed by atoms with Crippen molar-refractivity contribution in [3.05, 3.63) is 83.9 Å². The second kappa shape index (κ2) is 15.5. The highest BCUT2D eigenvalue weighted by atomic mass is 16.5. The molecule has 7 heteroatoms. The first-order valence-electron chi connectivity index (χ1n) is 14.0. The number of methoxy groups -OCH3 is 1. The monoisotopic (exact) mass is 544 g/mol. The van der Waals surface area contributed by atoms with Crippen LogP contribution in [0.3, 0.4) is 0 Å². The minimum absolute atomic E-state index is 0.0258. The first-order chi connectivity index (χ1) is 19.3. The van der Waals surface area contributed by atoms with Crippen molar-refractivity contribution in [3.63, 3.8) is 0 Å². The van der Waals surface area contributed by atoms with Crippen molar-refractivity contribution in [3.8, 4) is 16.9 Å². The molecule has 0 aromatic heterocycles.